The van der Waals surface area contributed by atoms with E-state index in [0.717, 1.165) is 0 Å². The van der Waals surface area contributed by atoms with Crippen molar-refractivity contribution in [3.8, 4) is 0 Å². The van der Waals surface area contributed by atoms with Gasteiger partial charge in [0.25, 0.3) is 5.91 Å². The SMILES string of the molecule is CC(CN)CNC(=O)c1ccccc1F.Cl. The summed E-state index contributed by atoms with van der Waals surface area (Å²) >= 11 is 0. The molecule has 3 nitrogen and oxygen atoms in total. The second-order valence-corrected chi connectivity index (χ2v) is 3.53. The summed E-state index contributed by atoms with van der Waals surface area (Å²) in [5, 5.41) is 2.63. The maximum Gasteiger partial charge on any atom is 0.254 e. The van der Waals surface area contributed by atoms with Gasteiger partial charge in [0.2, 0.25) is 0 Å². The minimum Gasteiger partial charge on any atom is -0.352 e. The smallest absolute Gasteiger partial charge is 0.254 e. The number of nitrogens with two attached hydrogens (primary N) is 1. The van der Waals surface area contributed by atoms with E-state index in [9.17, 15) is 9.18 Å². The maximum atomic E-state index is 13.2. The predicted octanol–water partition coefficient (Wildman–Crippen LogP) is 1.57. The fourth-order valence-electron chi connectivity index (χ4n) is 1.09. The summed E-state index contributed by atoms with van der Waals surface area (Å²) in [4.78, 5) is 11.5. The number of carbonyl (C=O) groups excluding carboxylic acids is 1. The summed E-state index contributed by atoms with van der Waals surface area (Å²) in [5.41, 5.74) is 5.47. The summed E-state index contributed by atoms with van der Waals surface area (Å²) in [7, 11) is 0. The number of amides is 1. The van der Waals surface area contributed by atoms with Crippen LogP contribution in [0.1, 0.15) is 17.3 Å². The Morgan fingerprint density at radius 1 is 1.50 bits per heavy atom. The molecule has 0 saturated carbocycles. The van der Waals surface area contributed by atoms with Gasteiger partial charge in [0, 0.05) is 6.54 Å². The van der Waals surface area contributed by atoms with Crippen molar-refractivity contribution in [1.82, 2.24) is 5.32 Å². The molecule has 1 aromatic carbocycles. The van der Waals surface area contributed by atoms with Crippen molar-refractivity contribution < 1.29 is 9.18 Å². The molecule has 0 aliphatic carbocycles. The number of rotatable bonds is 4. The number of benzene rings is 1. The first kappa shape index (κ1) is 14.9. The van der Waals surface area contributed by atoms with Crippen molar-refractivity contribution in [1.29, 1.82) is 0 Å². The van der Waals surface area contributed by atoms with Crippen molar-refractivity contribution >= 4 is 18.3 Å². The number of halogens is 2. The molecule has 0 spiro atoms. The van der Waals surface area contributed by atoms with Gasteiger partial charge in [-0.15, -0.1) is 12.4 Å². The van der Waals surface area contributed by atoms with Crippen molar-refractivity contribution in [3.05, 3.63) is 35.6 Å². The third kappa shape index (κ3) is 4.16. The average Bonchev–Trinajstić information content (AvgIpc) is 2.26. The zero-order valence-corrected chi connectivity index (χ0v) is 9.89. The second kappa shape index (κ2) is 7.19. The molecule has 0 aromatic heterocycles. The fraction of sp³-hybridized carbons (Fsp3) is 0.364. The van der Waals surface area contributed by atoms with Gasteiger partial charge in [0.1, 0.15) is 5.82 Å². The summed E-state index contributed by atoms with van der Waals surface area (Å²) in [6.45, 7) is 2.88. The fourth-order valence-corrected chi connectivity index (χ4v) is 1.09. The zero-order valence-electron chi connectivity index (χ0n) is 9.07. The summed E-state index contributed by atoms with van der Waals surface area (Å²) < 4.78 is 13.2. The van der Waals surface area contributed by atoms with E-state index < -0.39 is 11.7 Å². The number of hydrogen-bond donors (Lipinski definition) is 2. The Bertz CT molecular complexity index is 347. The summed E-state index contributed by atoms with van der Waals surface area (Å²) in [5.74, 6) is -0.704. The molecular weight excluding hydrogens is 231 g/mol. The Kier molecular flexibility index (Phi) is 6.69. The monoisotopic (exact) mass is 246 g/mol. The van der Waals surface area contributed by atoms with E-state index in [1.807, 2.05) is 6.92 Å². The van der Waals surface area contributed by atoms with Crippen molar-refractivity contribution in [3.63, 3.8) is 0 Å². The molecule has 0 saturated heterocycles. The topological polar surface area (TPSA) is 55.1 Å². The molecule has 0 radical (unpaired) electrons. The molecule has 0 heterocycles. The standard InChI is InChI=1S/C11H15FN2O.ClH/c1-8(6-13)7-14-11(15)9-4-2-3-5-10(9)12;/h2-5,8H,6-7,13H2,1H3,(H,14,15);1H. The van der Waals surface area contributed by atoms with Gasteiger partial charge < -0.3 is 11.1 Å². The van der Waals surface area contributed by atoms with Crippen LogP contribution in [0.4, 0.5) is 4.39 Å². The van der Waals surface area contributed by atoms with Gasteiger partial charge in [-0.3, -0.25) is 4.79 Å². The molecule has 1 unspecified atom stereocenters. The third-order valence-electron chi connectivity index (χ3n) is 2.13. The first-order valence-electron chi connectivity index (χ1n) is 4.88. The van der Waals surface area contributed by atoms with Gasteiger partial charge in [-0.2, -0.15) is 0 Å². The molecule has 16 heavy (non-hydrogen) atoms. The second-order valence-electron chi connectivity index (χ2n) is 3.53. The van der Waals surface area contributed by atoms with E-state index in [1.54, 1.807) is 12.1 Å². The Morgan fingerprint density at radius 2 is 2.12 bits per heavy atom. The van der Waals surface area contributed by atoms with Crippen molar-refractivity contribution in [2.24, 2.45) is 11.7 Å². The highest BCUT2D eigenvalue weighted by Crippen LogP contribution is 2.05. The van der Waals surface area contributed by atoms with E-state index in [-0.39, 0.29) is 23.9 Å². The lowest BCUT2D eigenvalue weighted by Crippen LogP contribution is -2.31. The molecule has 0 bridgehead atoms. The average molecular weight is 247 g/mol. The first-order chi connectivity index (χ1) is 7.15. The first-order valence-corrected chi connectivity index (χ1v) is 4.88. The van der Waals surface area contributed by atoms with Crippen LogP contribution in [0.3, 0.4) is 0 Å². The highest BCUT2D eigenvalue weighted by atomic mass is 35.5. The zero-order chi connectivity index (χ0) is 11.3. The molecule has 1 aromatic rings. The molecule has 1 atom stereocenters. The highest BCUT2D eigenvalue weighted by molar-refractivity contribution is 5.94. The van der Waals surface area contributed by atoms with E-state index >= 15 is 0 Å². The van der Waals surface area contributed by atoms with Crippen LogP contribution in [0.25, 0.3) is 0 Å². The largest absolute Gasteiger partial charge is 0.352 e. The molecule has 0 aliphatic heterocycles. The van der Waals surface area contributed by atoms with Crippen LogP contribution >= 0.6 is 12.4 Å². The van der Waals surface area contributed by atoms with Crippen LogP contribution in [-0.4, -0.2) is 19.0 Å². The van der Waals surface area contributed by atoms with Gasteiger partial charge in [0.15, 0.2) is 0 Å². The number of carbonyl (C=O) groups is 1. The molecule has 5 heteroatoms. The van der Waals surface area contributed by atoms with E-state index in [1.165, 1.54) is 12.1 Å². The van der Waals surface area contributed by atoms with Crippen molar-refractivity contribution in [2.75, 3.05) is 13.1 Å². The predicted molar refractivity (Wildman–Crippen MR) is 64.2 cm³/mol. The minimum atomic E-state index is -0.504. The molecule has 0 aliphatic rings. The van der Waals surface area contributed by atoms with Gasteiger partial charge in [-0.05, 0) is 24.6 Å². The summed E-state index contributed by atoms with van der Waals surface area (Å²) in [6.07, 6.45) is 0. The Labute approximate surface area is 101 Å². The van der Waals surface area contributed by atoms with Gasteiger partial charge >= 0.3 is 0 Å². The third-order valence-corrected chi connectivity index (χ3v) is 2.13. The molecule has 1 rings (SSSR count). The van der Waals surface area contributed by atoms with E-state index in [4.69, 9.17) is 5.73 Å². The molecule has 1 amide bonds. The quantitative estimate of drug-likeness (QED) is 0.848. The highest BCUT2D eigenvalue weighted by Gasteiger charge is 2.10. The molecule has 90 valence electrons. The number of nitrogens with one attached hydrogen (secondary N) is 1. The van der Waals surface area contributed by atoms with Crippen LogP contribution in [0.5, 0.6) is 0 Å². The van der Waals surface area contributed by atoms with Crippen LogP contribution < -0.4 is 11.1 Å². The Balaban J connectivity index is 0.00000225. The van der Waals surface area contributed by atoms with Gasteiger partial charge in [0.05, 0.1) is 5.56 Å². The maximum absolute atomic E-state index is 13.2. The van der Waals surface area contributed by atoms with Crippen molar-refractivity contribution in [2.45, 2.75) is 6.92 Å². The molecule has 0 fully saturated rings. The Hall–Kier alpha value is -1.13. The van der Waals surface area contributed by atoms with Crippen LogP contribution in [0.2, 0.25) is 0 Å². The lowest BCUT2D eigenvalue weighted by Gasteiger charge is -2.10. The summed E-state index contributed by atoms with van der Waals surface area (Å²) in [6, 6.07) is 5.90. The van der Waals surface area contributed by atoms with E-state index in [0.29, 0.717) is 13.1 Å². The lowest BCUT2D eigenvalue weighted by molar-refractivity contribution is 0.0944. The van der Waals surface area contributed by atoms with E-state index in [2.05, 4.69) is 5.32 Å². The van der Waals surface area contributed by atoms with Crippen LogP contribution in [0.15, 0.2) is 24.3 Å². The van der Waals surface area contributed by atoms with Gasteiger partial charge in [-0.1, -0.05) is 19.1 Å². The minimum absolute atomic E-state index is 0. The van der Waals surface area contributed by atoms with Crippen LogP contribution in [-0.2, 0) is 0 Å². The normalized spacial score (nSPS) is 11.4. The lowest BCUT2D eigenvalue weighted by atomic mass is 10.1. The Morgan fingerprint density at radius 3 is 2.69 bits per heavy atom. The van der Waals surface area contributed by atoms with Crippen LogP contribution in [0, 0.1) is 11.7 Å². The molecule has 3 N–H and O–H groups in total. The van der Waals surface area contributed by atoms with Gasteiger partial charge in [-0.25, -0.2) is 4.39 Å². The number of hydrogen-bond acceptors (Lipinski definition) is 2. The molecular formula is C11H16ClFN2O.